The second-order valence-corrected chi connectivity index (χ2v) is 12.6. The minimum atomic E-state index is -0.0590. The van der Waals surface area contributed by atoms with Gasteiger partial charge in [0.2, 0.25) is 0 Å². The first-order valence-corrected chi connectivity index (χ1v) is 15.0. The molecule has 3 heterocycles. The maximum atomic E-state index is 6.98. The molecule has 9 aromatic rings. The fourth-order valence-corrected chi connectivity index (χ4v) is 8.10. The van der Waals surface area contributed by atoms with Crippen LogP contribution in [0, 0.1) is 0 Å². The topological polar surface area (TPSA) is 23.0 Å². The Bertz CT molecular complexity index is 2660. The van der Waals surface area contributed by atoms with Gasteiger partial charge in [-0.25, -0.2) is 0 Å². The van der Waals surface area contributed by atoms with E-state index in [1.807, 2.05) is 0 Å². The van der Waals surface area contributed by atoms with Crippen molar-refractivity contribution in [2.75, 3.05) is 0 Å². The Balaban J connectivity index is 1.31. The largest absolute Gasteiger partial charge is 0.455 e. The first kappa shape index (κ1) is 23.3. The number of para-hydroxylation sites is 2. The van der Waals surface area contributed by atoms with E-state index in [1.165, 1.54) is 66.0 Å². The SMILES string of the molecule is Cn1c2ccccc2c2c3oc4c(ccc5c4c4ccccc4n5-c4ccc5c(c4)C(C)(C)c4ccccc4-5)c3ccc21. The van der Waals surface area contributed by atoms with Gasteiger partial charge in [-0.3, -0.25) is 0 Å². The highest BCUT2D eigenvalue weighted by molar-refractivity contribution is 6.28. The van der Waals surface area contributed by atoms with Gasteiger partial charge in [0, 0.05) is 45.2 Å². The number of rotatable bonds is 1. The van der Waals surface area contributed by atoms with Gasteiger partial charge < -0.3 is 13.6 Å². The lowest BCUT2D eigenvalue weighted by Gasteiger charge is -2.22. The summed E-state index contributed by atoms with van der Waals surface area (Å²) in [4.78, 5) is 0. The molecule has 3 nitrogen and oxygen atoms in total. The zero-order chi connectivity index (χ0) is 28.6. The quantitative estimate of drug-likeness (QED) is 0.199. The van der Waals surface area contributed by atoms with Crippen molar-refractivity contribution < 1.29 is 4.42 Å². The Hall–Kier alpha value is -5.28. The van der Waals surface area contributed by atoms with Crippen molar-refractivity contribution in [3.63, 3.8) is 0 Å². The lowest BCUT2D eigenvalue weighted by Crippen LogP contribution is -2.15. The molecule has 0 radical (unpaired) electrons. The maximum Gasteiger partial charge on any atom is 0.145 e. The first-order valence-electron chi connectivity index (χ1n) is 15.0. The van der Waals surface area contributed by atoms with E-state index >= 15 is 0 Å². The maximum absolute atomic E-state index is 6.98. The summed E-state index contributed by atoms with van der Waals surface area (Å²) in [6.45, 7) is 4.69. The molecule has 0 saturated heterocycles. The summed E-state index contributed by atoms with van der Waals surface area (Å²) < 4.78 is 11.7. The normalized spacial score (nSPS) is 14.1. The van der Waals surface area contributed by atoms with E-state index in [0.29, 0.717) is 0 Å². The molecule has 6 aromatic carbocycles. The van der Waals surface area contributed by atoms with Crippen molar-refractivity contribution in [3.8, 4) is 16.8 Å². The number of hydrogen-bond acceptors (Lipinski definition) is 1. The smallest absolute Gasteiger partial charge is 0.145 e. The van der Waals surface area contributed by atoms with Gasteiger partial charge in [0.15, 0.2) is 0 Å². The molecule has 0 spiro atoms. The minimum absolute atomic E-state index is 0.0590. The lowest BCUT2D eigenvalue weighted by atomic mass is 9.82. The average Bonchev–Trinajstić information content (AvgIpc) is 3.73. The van der Waals surface area contributed by atoms with E-state index in [1.54, 1.807) is 0 Å². The molecule has 1 aliphatic carbocycles. The van der Waals surface area contributed by atoms with Crippen molar-refractivity contribution in [2.24, 2.45) is 7.05 Å². The third-order valence-corrected chi connectivity index (χ3v) is 10.1. The van der Waals surface area contributed by atoms with E-state index < -0.39 is 0 Å². The van der Waals surface area contributed by atoms with E-state index in [-0.39, 0.29) is 5.41 Å². The number of hydrogen-bond donors (Lipinski definition) is 0. The molecule has 3 heteroatoms. The number of aromatic nitrogens is 2. The van der Waals surface area contributed by atoms with Crippen molar-refractivity contribution in [3.05, 3.63) is 126 Å². The summed E-state index contributed by atoms with van der Waals surface area (Å²) in [5.74, 6) is 0. The summed E-state index contributed by atoms with van der Waals surface area (Å²) >= 11 is 0. The number of nitrogens with zero attached hydrogens (tertiary/aromatic N) is 2. The predicted molar refractivity (Wildman–Crippen MR) is 180 cm³/mol. The van der Waals surface area contributed by atoms with Crippen LogP contribution in [0.15, 0.2) is 120 Å². The Labute approximate surface area is 248 Å². The monoisotopic (exact) mass is 552 g/mol. The van der Waals surface area contributed by atoms with Gasteiger partial charge in [-0.05, 0) is 70.8 Å². The fraction of sp³-hybridized carbons (Fsp3) is 0.100. The minimum Gasteiger partial charge on any atom is -0.455 e. The molecule has 0 fully saturated rings. The molecule has 0 bridgehead atoms. The van der Waals surface area contributed by atoms with E-state index in [2.05, 4.69) is 145 Å². The molecular weight excluding hydrogens is 524 g/mol. The van der Waals surface area contributed by atoms with Gasteiger partial charge >= 0.3 is 0 Å². The predicted octanol–water partition coefficient (Wildman–Crippen LogP) is 10.6. The van der Waals surface area contributed by atoms with Gasteiger partial charge in [-0.1, -0.05) is 80.6 Å². The molecule has 0 atom stereocenters. The average molecular weight is 553 g/mol. The fourth-order valence-electron chi connectivity index (χ4n) is 8.10. The number of benzene rings is 6. The number of aryl methyl sites for hydroxylation is 1. The van der Waals surface area contributed by atoms with E-state index in [4.69, 9.17) is 4.42 Å². The zero-order valence-corrected chi connectivity index (χ0v) is 24.3. The van der Waals surface area contributed by atoms with Gasteiger partial charge in [-0.2, -0.15) is 0 Å². The van der Waals surface area contributed by atoms with Crippen LogP contribution in [0.4, 0.5) is 0 Å². The lowest BCUT2D eigenvalue weighted by molar-refractivity contribution is 0.660. The van der Waals surface area contributed by atoms with Gasteiger partial charge in [0.25, 0.3) is 0 Å². The standard InChI is InChI=1S/C40H28N2O/c1-40(2)30-13-7-4-10-24(30)25-17-16-23(22-31(25)40)42-33-15-9-6-12-29(33)37-35(42)21-19-27-26-18-20-34-36(38(26)43-39(27)37)28-11-5-8-14-32(28)41(34)3/h4-22H,1-3H3. The molecule has 0 N–H and O–H groups in total. The summed E-state index contributed by atoms with van der Waals surface area (Å²) in [5, 5.41) is 7.11. The second-order valence-electron chi connectivity index (χ2n) is 12.6. The first-order chi connectivity index (χ1) is 21.0. The van der Waals surface area contributed by atoms with Crippen molar-refractivity contribution >= 4 is 65.6 Å². The highest BCUT2D eigenvalue weighted by atomic mass is 16.3. The molecule has 43 heavy (non-hydrogen) atoms. The van der Waals surface area contributed by atoms with Crippen LogP contribution in [0.3, 0.4) is 0 Å². The Morgan fingerprint density at radius 3 is 1.91 bits per heavy atom. The van der Waals surface area contributed by atoms with Crippen molar-refractivity contribution in [2.45, 2.75) is 19.3 Å². The molecule has 0 unspecified atom stereocenters. The van der Waals surface area contributed by atoms with Gasteiger partial charge in [0.1, 0.15) is 11.2 Å². The third kappa shape index (κ3) is 2.76. The molecule has 0 aliphatic heterocycles. The van der Waals surface area contributed by atoms with E-state index in [0.717, 1.165) is 27.5 Å². The van der Waals surface area contributed by atoms with Crippen molar-refractivity contribution in [1.82, 2.24) is 9.13 Å². The van der Waals surface area contributed by atoms with Crippen LogP contribution in [-0.2, 0) is 12.5 Å². The summed E-state index contributed by atoms with van der Waals surface area (Å²) in [5.41, 5.74) is 13.3. The third-order valence-electron chi connectivity index (χ3n) is 10.1. The second kappa shape index (κ2) is 7.76. The number of fused-ring (bicyclic) bond motifs is 14. The molecular formula is C40H28N2O. The molecule has 0 amide bonds. The van der Waals surface area contributed by atoms with Gasteiger partial charge in [-0.15, -0.1) is 0 Å². The van der Waals surface area contributed by atoms with Gasteiger partial charge in [0.05, 0.1) is 27.3 Å². The molecule has 3 aromatic heterocycles. The van der Waals surface area contributed by atoms with Crippen LogP contribution < -0.4 is 0 Å². The summed E-state index contributed by atoms with van der Waals surface area (Å²) in [6, 6.07) is 42.2. The number of furan rings is 1. The molecule has 204 valence electrons. The van der Waals surface area contributed by atoms with Crippen molar-refractivity contribution in [1.29, 1.82) is 0 Å². The van der Waals surface area contributed by atoms with Crippen LogP contribution >= 0.6 is 0 Å². The zero-order valence-electron chi connectivity index (χ0n) is 24.3. The summed E-state index contributed by atoms with van der Waals surface area (Å²) in [7, 11) is 2.14. The van der Waals surface area contributed by atoms with Crippen LogP contribution in [0.25, 0.3) is 82.4 Å². The van der Waals surface area contributed by atoms with Crippen LogP contribution in [0.2, 0.25) is 0 Å². The Morgan fingerprint density at radius 2 is 1.12 bits per heavy atom. The van der Waals surface area contributed by atoms with Crippen LogP contribution in [0.5, 0.6) is 0 Å². The highest BCUT2D eigenvalue weighted by Gasteiger charge is 2.35. The highest BCUT2D eigenvalue weighted by Crippen LogP contribution is 2.50. The van der Waals surface area contributed by atoms with Crippen LogP contribution in [-0.4, -0.2) is 9.13 Å². The van der Waals surface area contributed by atoms with E-state index in [9.17, 15) is 0 Å². The molecule has 0 saturated carbocycles. The molecule has 1 aliphatic rings. The summed E-state index contributed by atoms with van der Waals surface area (Å²) in [6.07, 6.45) is 0. The van der Waals surface area contributed by atoms with Crippen LogP contribution in [0.1, 0.15) is 25.0 Å². The Kier molecular flexibility index (Phi) is 4.20. The Morgan fingerprint density at radius 1 is 0.512 bits per heavy atom. The molecule has 10 rings (SSSR count).